The quantitative estimate of drug-likeness (QED) is 0.842. The third-order valence-electron chi connectivity index (χ3n) is 2.91. The highest BCUT2D eigenvalue weighted by Crippen LogP contribution is 2.09. The highest BCUT2D eigenvalue weighted by Gasteiger charge is 2.26. The van der Waals surface area contributed by atoms with E-state index in [1.807, 2.05) is 10.8 Å². The molecule has 0 bridgehead atoms. The second-order valence-electron chi connectivity index (χ2n) is 5.25. The van der Waals surface area contributed by atoms with Gasteiger partial charge in [0.25, 0.3) is 11.8 Å². The summed E-state index contributed by atoms with van der Waals surface area (Å²) >= 11 is 0. The summed E-state index contributed by atoms with van der Waals surface area (Å²) in [6.07, 6.45) is 0.894. The summed E-state index contributed by atoms with van der Waals surface area (Å²) in [4.78, 5) is 24.2. The fourth-order valence-corrected chi connectivity index (χ4v) is 2.32. The molecule has 0 aliphatic carbocycles. The molecule has 1 atom stereocenters. The molecule has 0 aliphatic rings. The van der Waals surface area contributed by atoms with Gasteiger partial charge in [0, 0.05) is 5.56 Å². The Balaban J connectivity index is 2.92. The number of sulfonamides is 1. The Morgan fingerprint density at radius 3 is 2.19 bits per heavy atom. The van der Waals surface area contributed by atoms with Crippen LogP contribution in [0.5, 0.6) is 0 Å². The number of rotatable bonds is 5. The van der Waals surface area contributed by atoms with Gasteiger partial charge in [0.15, 0.2) is 0 Å². The molecule has 0 fully saturated rings. The Morgan fingerprint density at radius 1 is 1.14 bits per heavy atom. The highest BCUT2D eigenvalue weighted by atomic mass is 32.2. The SMILES string of the molecule is Cc1ccccc1C(=O)N[C@H](C(=O)NS(C)(=O)=O)C(C)C. The predicted octanol–water partition coefficient (Wildman–Crippen LogP) is 0.825. The number of aryl methyl sites for hydroxylation is 1. The summed E-state index contributed by atoms with van der Waals surface area (Å²) in [5, 5.41) is 2.58. The molecule has 1 aromatic carbocycles. The Labute approximate surface area is 125 Å². The van der Waals surface area contributed by atoms with E-state index in [0.29, 0.717) is 5.56 Å². The number of hydrogen-bond acceptors (Lipinski definition) is 4. The standard InChI is InChI=1S/C14H20N2O4S/c1-9(2)12(14(18)16-21(4,19)20)15-13(17)11-8-6-5-7-10(11)3/h5-9,12H,1-4H3,(H,15,17)(H,16,18)/t12-/m0/s1. The van der Waals surface area contributed by atoms with Gasteiger partial charge in [-0.2, -0.15) is 0 Å². The van der Waals surface area contributed by atoms with E-state index >= 15 is 0 Å². The molecule has 1 aromatic rings. The summed E-state index contributed by atoms with van der Waals surface area (Å²) in [6.45, 7) is 5.24. The maximum Gasteiger partial charge on any atom is 0.256 e. The molecule has 0 saturated heterocycles. The summed E-state index contributed by atoms with van der Waals surface area (Å²) < 4.78 is 24.2. The molecule has 0 aromatic heterocycles. The number of carbonyl (C=O) groups excluding carboxylic acids is 2. The van der Waals surface area contributed by atoms with Crippen LogP contribution in [0.15, 0.2) is 24.3 Å². The zero-order valence-corrected chi connectivity index (χ0v) is 13.3. The first kappa shape index (κ1) is 17.2. The first-order chi connectivity index (χ1) is 9.61. The van der Waals surface area contributed by atoms with E-state index in [9.17, 15) is 18.0 Å². The molecule has 0 radical (unpaired) electrons. The molecule has 0 aliphatic heterocycles. The lowest BCUT2D eigenvalue weighted by atomic mass is 10.0. The Hall–Kier alpha value is -1.89. The minimum Gasteiger partial charge on any atom is -0.340 e. The Morgan fingerprint density at radius 2 is 1.71 bits per heavy atom. The topological polar surface area (TPSA) is 92.3 Å². The van der Waals surface area contributed by atoms with E-state index < -0.39 is 27.9 Å². The van der Waals surface area contributed by atoms with Crippen LogP contribution >= 0.6 is 0 Å². The first-order valence-corrected chi connectivity index (χ1v) is 8.39. The highest BCUT2D eigenvalue weighted by molar-refractivity contribution is 7.89. The van der Waals surface area contributed by atoms with Crippen LogP contribution in [0, 0.1) is 12.8 Å². The summed E-state index contributed by atoms with van der Waals surface area (Å²) in [7, 11) is -3.66. The molecule has 21 heavy (non-hydrogen) atoms. The summed E-state index contributed by atoms with van der Waals surface area (Å²) in [5.74, 6) is -1.40. The van der Waals surface area contributed by atoms with Crippen molar-refractivity contribution < 1.29 is 18.0 Å². The molecule has 0 saturated carbocycles. The second kappa shape index (κ2) is 6.71. The van der Waals surface area contributed by atoms with Crippen molar-refractivity contribution in [2.24, 2.45) is 5.92 Å². The van der Waals surface area contributed by atoms with Crippen LogP contribution in [0.1, 0.15) is 29.8 Å². The lowest BCUT2D eigenvalue weighted by Crippen LogP contribution is -2.50. The van der Waals surface area contributed by atoms with Crippen LogP contribution in [0.2, 0.25) is 0 Å². The zero-order valence-electron chi connectivity index (χ0n) is 12.5. The van der Waals surface area contributed by atoms with Gasteiger partial charge in [-0.25, -0.2) is 8.42 Å². The van der Waals surface area contributed by atoms with Crippen molar-refractivity contribution in [3.05, 3.63) is 35.4 Å². The lowest BCUT2D eigenvalue weighted by Gasteiger charge is -2.21. The van der Waals surface area contributed by atoms with Crippen molar-refractivity contribution in [3.8, 4) is 0 Å². The molecule has 7 heteroatoms. The number of benzene rings is 1. The van der Waals surface area contributed by atoms with Crippen molar-refractivity contribution in [1.82, 2.24) is 10.0 Å². The smallest absolute Gasteiger partial charge is 0.256 e. The van der Waals surface area contributed by atoms with E-state index in [1.54, 1.807) is 39.0 Å². The largest absolute Gasteiger partial charge is 0.340 e. The summed E-state index contributed by atoms with van der Waals surface area (Å²) in [5.41, 5.74) is 1.23. The molecular weight excluding hydrogens is 292 g/mol. The molecule has 0 spiro atoms. The summed E-state index contributed by atoms with van der Waals surface area (Å²) in [6, 6.07) is 6.05. The zero-order chi connectivity index (χ0) is 16.2. The molecule has 2 amide bonds. The van der Waals surface area contributed by atoms with Crippen molar-refractivity contribution in [1.29, 1.82) is 0 Å². The van der Waals surface area contributed by atoms with Crippen LogP contribution in [0.25, 0.3) is 0 Å². The minimum atomic E-state index is -3.66. The lowest BCUT2D eigenvalue weighted by molar-refractivity contribution is -0.122. The van der Waals surface area contributed by atoms with Crippen molar-refractivity contribution in [3.63, 3.8) is 0 Å². The van der Waals surface area contributed by atoms with Crippen molar-refractivity contribution in [2.75, 3.05) is 6.26 Å². The molecule has 1 rings (SSSR count). The van der Waals surface area contributed by atoms with Crippen LogP contribution in [0.3, 0.4) is 0 Å². The first-order valence-electron chi connectivity index (χ1n) is 6.50. The van der Waals surface area contributed by atoms with Gasteiger partial charge in [0.2, 0.25) is 10.0 Å². The van der Waals surface area contributed by atoms with Gasteiger partial charge in [0.05, 0.1) is 6.26 Å². The van der Waals surface area contributed by atoms with E-state index in [1.165, 1.54) is 0 Å². The number of carbonyl (C=O) groups is 2. The Bertz CT molecular complexity index is 638. The third kappa shape index (κ3) is 5.18. The molecule has 6 nitrogen and oxygen atoms in total. The van der Waals surface area contributed by atoms with E-state index in [-0.39, 0.29) is 5.92 Å². The van der Waals surface area contributed by atoms with E-state index in [0.717, 1.165) is 11.8 Å². The Kier molecular flexibility index (Phi) is 5.48. The fourth-order valence-electron chi connectivity index (χ4n) is 1.83. The van der Waals surface area contributed by atoms with Crippen LogP contribution in [-0.2, 0) is 14.8 Å². The van der Waals surface area contributed by atoms with Gasteiger partial charge in [-0.1, -0.05) is 32.0 Å². The van der Waals surface area contributed by atoms with Crippen molar-refractivity contribution in [2.45, 2.75) is 26.8 Å². The number of amides is 2. The van der Waals surface area contributed by atoms with Crippen LogP contribution < -0.4 is 10.0 Å². The van der Waals surface area contributed by atoms with Gasteiger partial charge in [0.1, 0.15) is 6.04 Å². The second-order valence-corrected chi connectivity index (χ2v) is 7.00. The van der Waals surface area contributed by atoms with Gasteiger partial charge in [-0.3, -0.25) is 14.3 Å². The van der Waals surface area contributed by atoms with Gasteiger partial charge in [-0.15, -0.1) is 0 Å². The third-order valence-corrected chi connectivity index (χ3v) is 3.48. The normalized spacial score (nSPS) is 12.8. The molecule has 0 unspecified atom stereocenters. The van der Waals surface area contributed by atoms with Crippen LogP contribution in [0.4, 0.5) is 0 Å². The maximum absolute atomic E-state index is 12.2. The fraction of sp³-hybridized carbons (Fsp3) is 0.429. The molecular formula is C14H20N2O4S. The monoisotopic (exact) mass is 312 g/mol. The molecule has 116 valence electrons. The minimum absolute atomic E-state index is 0.250. The van der Waals surface area contributed by atoms with Gasteiger partial charge in [-0.05, 0) is 24.5 Å². The average molecular weight is 312 g/mol. The molecule has 0 heterocycles. The van der Waals surface area contributed by atoms with Gasteiger partial charge < -0.3 is 5.32 Å². The predicted molar refractivity (Wildman–Crippen MR) is 80.3 cm³/mol. The van der Waals surface area contributed by atoms with Gasteiger partial charge >= 0.3 is 0 Å². The number of hydrogen-bond donors (Lipinski definition) is 2. The average Bonchev–Trinajstić information content (AvgIpc) is 2.33. The number of nitrogens with one attached hydrogen (secondary N) is 2. The van der Waals surface area contributed by atoms with E-state index in [4.69, 9.17) is 0 Å². The van der Waals surface area contributed by atoms with Crippen molar-refractivity contribution >= 4 is 21.8 Å². The van der Waals surface area contributed by atoms with E-state index in [2.05, 4.69) is 5.32 Å². The molecule has 2 N–H and O–H groups in total. The maximum atomic E-state index is 12.2. The van der Waals surface area contributed by atoms with Crippen LogP contribution in [-0.4, -0.2) is 32.5 Å².